The van der Waals surface area contributed by atoms with Crippen molar-refractivity contribution in [2.24, 2.45) is 5.92 Å². The van der Waals surface area contributed by atoms with Gasteiger partial charge in [-0.25, -0.2) is 0 Å². The van der Waals surface area contributed by atoms with Crippen LogP contribution in [0.5, 0.6) is 0 Å². The van der Waals surface area contributed by atoms with Crippen LogP contribution < -0.4 is 15.6 Å². The molecular formula is C27H38Si2. The van der Waals surface area contributed by atoms with Gasteiger partial charge in [0, 0.05) is 0 Å². The van der Waals surface area contributed by atoms with Crippen LogP contribution in [-0.2, 0) is 0 Å². The summed E-state index contributed by atoms with van der Waals surface area (Å²) in [6.45, 7) is 23.7. The third-order valence-electron chi connectivity index (χ3n) is 7.05. The summed E-state index contributed by atoms with van der Waals surface area (Å²) in [5, 5.41) is 6.55. The molecular weight excluding hydrogens is 380 g/mol. The summed E-state index contributed by atoms with van der Waals surface area (Å²) in [6.07, 6.45) is 0. The quantitative estimate of drug-likeness (QED) is 0.588. The summed E-state index contributed by atoms with van der Waals surface area (Å²) in [7, 11) is -2.89. The van der Waals surface area contributed by atoms with E-state index in [-0.39, 0.29) is 0 Å². The van der Waals surface area contributed by atoms with E-state index in [1.54, 1.807) is 31.9 Å². The molecule has 1 aliphatic rings. The van der Waals surface area contributed by atoms with Crippen LogP contribution in [0.15, 0.2) is 58.3 Å². The molecule has 0 nitrogen and oxygen atoms in total. The Morgan fingerprint density at radius 2 is 1.41 bits per heavy atom. The van der Waals surface area contributed by atoms with E-state index in [9.17, 15) is 0 Å². The molecule has 2 aromatic carbocycles. The van der Waals surface area contributed by atoms with Crippen molar-refractivity contribution in [2.45, 2.75) is 68.1 Å². The second kappa shape index (κ2) is 7.88. The number of hydrogen-bond acceptors (Lipinski definition) is 0. The first-order valence-corrected chi connectivity index (χ1v) is 16.2. The van der Waals surface area contributed by atoms with Crippen LogP contribution in [0.2, 0.25) is 19.6 Å². The van der Waals surface area contributed by atoms with E-state index >= 15 is 0 Å². The zero-order valence-electron chi connectivity index (χ0n) is 20.1. The average molecular weight is 419 g/mol. The fraction of sp³-hybridized carbons (Fsp3) is 0.407. The Balaban J connectivity index is 2.30. The van der Waals surface area contributed by atoms with Crippen molar-refractivity contribution >= 4 is 32.4 Å². The highest BCUT2D eigenvalue weighted by Gasteiger charge is 2.34. The van der Waals surface area contributed by atoms with Crippen molar-refractivity contribution in [3.05, 3.63) is 75.0 Å². The van der Waals surface area contributed by atoms with Crippen molar-refractivity contribution in [1.82, 2.24) is 0 Å². The monoisotopic (exact) mass is 418 g/mol. The van der Waals surface area contributed by atoms with Gasteiger partial charge in [0.25, 0.3) is 0 Å². The van der Waals surface area contributed by atoms with Gasteiger partial charge < -0.3 is 0 Å². The third-order valence-corrected chi connectivity index (χ3v) is 12.9. The minimum Gasteiger partial charge on any atom is -0.0656 e. The number of hydrogen-bond donors (Lipinski definition) is 0. The molecule has 29 heavy (non-hydrogen) atoms. The summed E-state index contributed by atoms with van der Waals surface area (Å²) < 4.78 is 0. The molecule has 0 saturated carbocycles. The van der Waals surface area contributed by atoms with Gasteiger partial charge in [0.15, 0.2) is 0 Å². The fourth-order valence-corrected chi connectivity index (χ4v) is 10.4. The normalized spacial score (nSPS) is 18.6. The minimum absolute atomic E-state index is 0.559. The molecule has 0 heterocycles. The van der Waals surface area contributed by atoms with Crippen LogP contribution in [-0.4, -0.2) is 16.9 Å². The number of aryl methyl sites for hydroxylation is 3. The maximum atomic E-state index is 2.59. The predicted molar refractivity (Wildman–Crippen MR) is 137 cm³/mol. The maximum absolute atomic E-state index is 2.59. The van der Waals surface area contributed by atoms with E-state index in [1.165, 1.54) is 22.3 Å². The first kappa shape index (κ1) is 22.0. The first-order chi connectivity index (χ1) is 13.4. The van der Waals surface area contributed by atoms with Crippen LogP contribution in [0.25, 0.3) is 0 Å². The van der Waals surface area contributed by atoms with E-state index < -0.39 is 16.9 Å². The van der Waals surface area contributed by atoms with E-state index in [4.69, 9.17) is 0 Å². The topological polar surface area (TPSA) is 0 Å². The number of benzene rings is 2. The highest BCUT2D eigenvalue weighted by atomic mass is 28.3. The van der Waals surface area contributed by atoms with Gasteiger partial charge in [-0.05, 0) is 53.0 Å². The number of allylic oxidation sites excluding steroid dienone is 4. The molecule has 0 spiro atoms. The van der Waals surface area contributed by atoms with E-state index in [1.807, 2.05) is 0 Å². The summed E-state index contributed by atoms with van der Waals surface area (Å²) in [4.78, 5) is 0. The molecule has 2 heteroatoms. The Kier molecular flexibility index (Phi) is 5.99. The van der Waals surface area contributed by atoms with Gasteiger partial charge in [0.05, 0.1) is 8.07 Å². The van der Waals surface area contributed by atoms with E-state index in [0.717, 1.165) is 0 Å². The van der Waals surface area contributed by atoms with Crippen molar-refractivity contribution in [1.29, 1.82) is 0 Å². The van der Waals surface area contributed by atoms with E-state index in [0.29, 0.717) is 5.92 Å². The standard InChI is InChI=1S/C27H38Si2/c1-17-11-12-26(19(3)13-17)28(27-22(6)20(4)21(5)23(27)7)24-14-18(2)15-25(16-24)29(8,9)10/h11-16,22,28H,1-10H3. The number of rotatable bonds is 4. The van der Waals surface area contributed by atoms with Crippen molar-refractivity contribution in [2.75, 3.05) is 0 Å². The van der Waals surface area contributed by atoms with Crippen LogP contribution in [0, 0.1) is 26.7 Å². The van der Waals surface area contributed by atoms with Gasteiger partial charge in [0.1, 0.15) is 8.80 Å². The highest BCUT2D eigenvalue weighted by Crippen LogP contribution is 2.38. The van der Waals surface area contributed by atoms with Crippen LogP contribution in [0.3, 0.4) is 0 Å². The van der Waals surface area contributed by atoms with Gasteiger partial charge in [-0.3, -0.25) is 0 Å². The molecule has 0 aromatic heterocycles. The van der Waals surface area contributed by atoms with Crippen molar-refractivity contribution in [3.63, 3.8) is 0 Å². The molecule has 0 radical (unpaired) electrons. The summed E-state index contributed by atoms with van der Waals surface area (Å²) in [5.74, 6) is 0.559. The molecule has 0 N–H and O–H groups in total. The molecule has 154 valence electrons. The van der Waals surface area contributed by atoms with Gasteiger partial charge in [-0.1, -0.05) is 112 Å². The molecule has 3 rings (SSSR count). The van der Waals surface area contributed by atoms with E-state index in [2.05, 4.69) is 105 Å². The van der Waals surface area contributed by atoms with Crippen molar-refractivity contribution in [3.8, 4) is 0 Å². The summed E-state index contributed by atoms with van der Waals surface area (Å²) >= 11 is 0. The molecule has 2 atom stereocenters. The molecule has 2 aromatic rings. The van der Waals surface area contributed by atoms with Crippen LogP contribution in [0.4, 0.5) is 0 Å². The average Bonchev–Trinajstić information content (AvgIpc) is 2.80. The second-order valence-electron chi connectivity index (χ2n) is 10.3. The molecule has 0 fully saturated rings. The molecule has 2 unspecified atom stereocenters. The van der Waals surface area contributed by atoms with Gasteiger partial charge >= 0.3 is 0 Å². The second-order valence-corrected chi connectivity index (χ2v) is 18.1. The molecule has 0 aliphatic heterocycles. The summed E-state index contributed by atoms with van der Waals surface area (Å²) in [6, 6.07) is 14.7. The smallest absolute Gasteiger partial charge is 0.0656 e. The Bertz CT molecular complexity index is 1020. The lowest BCUT2D eigenvalue weighted by atomic mass is 10.1. The first-order valence-electron chi connectivity index (χ1n) is 11.0. The fourth-order valence-electron chi connectivity index (χ4n) is 4.95. The third kappa shape index (κ3) is 4.15. The summed E-state index contributed by atoms with van der Waals surface area (Å²) in [5.41, 5.74) is 8.90. The molecule has 0 bridgehead atoms. The Hall–Kier alpha value is -1.65. The lowest BCUT2D eigenvalue weighted by molar-refractivity contribution is 0.854. The Morgan fingerprint density at radius 1 is 0.759 bits per heavy atom. The minimum atomic E-state index is -1.52. The lowest BCUT2D eigenvalue weighted by Gasteiger charge is -2.28. The maximum Gasteiger partial charge on any atom is 0.129 e. The molecule has 0 amide bonds. The van der Waals surface area contributed by atoms with Crippen LogP contribution in [0.1, 0.15) is 44.4 Å². The highest BCUT2D eigenvalue weighted by molar-refractivity contribution is 6.93. The zero-order chi connectivity index (χ0) is 21.7. The Labute approximate surface area is 181 Å². The van der Waals surface area contributed by atoms with Crippen LogP contribution >= 0.6 is 0 Å². The van der Waals surface area contributed by atoms with Gasteiger partial charge in [-0.2, -0.15) is 0 Å². The molecule has 1 aliphatic carbocycles. The molecule has 0 saturated heterocycles. The van der Waals surface area contributed by atoms with Crippen molar-refractivity contribution < 1.29 is 0 Å². The lowest BCUT2D eigenvalue weighted by Crippen LogP contribution is -2.50. The SMILES string of the molecule is CC1=C(C)C(C)C([SiH](c2cc(C)cc([Si](C)(C)C)c2)c2ccc(C)cc2C)=C1C. The van der Waals surface area contributed by atoms with Gasteiger partial charge in [0.2, 0.25) is 0 Å². The largest absolute Gasteiger partial charge is 0.129 e. The zero-order valence-corrected chi connectivity index (χ0v) is 22.3. The van der Waals surface area contributed by atoms with Gasteiger partial charge in [-0.15, -0.1) is 0 Å². The Morgan fingerprint density at radius 3 is 1.93 bits per heavy atom. The predicted octanol–water partition coefficient (Wildman–Crippen LogP) is 5.34.